The first-order valence-corrected chi connectivity index (χ1v) is 23.3. The zero-order valence-corrected chi connectivity index (χ0v) is 37.4. The number of nitrogens with zero attached hydrogens (tertiary/aromatic N) is 1. The van der Waals surface area contributed by atoms with Crippen LogP contribution in [0, 0.1) is 6.92 Å². The fourth-order valence-electron chi connectivity index (χ4n) is 12.3. The number of hydrogen-bond donors (Lipinski definition) is 0. The van der Waals surface area contributed by atoms with Crippen molar-refractivity contribution in [3.63, 3.8) is 0 Å². The van der Waals surface area contributed by atoms with E-state index < -0.39 is 5.41 Å². The molecule has 0 radical (unpaired) electrons. The average molecular weight is 814 g/mol. The summed E-state index contributed by atoms with van der Waals surface area (Å²) in [5.74, 6) is 0. The van der Waals surface area contributed by atoms with Crippen LogP contribution in [-0.4, -0.2) is 0 Å². The molecule has 0 atom stereocenters. The summed E-state index contributed by atoms with van der Waals surface area (Å²) >= 11 is 0. The quantitative estimate of drug-likeness (QED) is 0.167. The van der Waals surface area contributed by atoms with E-state index in [-0.39, 0.29) is 10.8 Å². The van der Waals surface area contributed by atoms with Crippen LogP contribution in [0.15, 0.2) is 170 Å². The van der Waals surface area contributed by atoms with Crippen LogP contribution in [0.2, 0.25) is 0 Å². The average Bonchev–Trinajstić information content (AvgIpc) is 3.77. The van der Waals surface area contributed by atoms with E-state index in [9.17, 15) is 0 Å². The molecule has 0 heterocycles. The highest BCUT2D eigenvalue weighted by molar-refractivity contribution is 6.00. The summed E-state index contributed by atoms with van der Waals surface area (Å²) in [5.41, 5.74) is 26.6. The van der Waals surface area contributed by atoms with Crippen LogP contribution in [0.1, 0.15) is 103 Å². The van der Waals surface area contributed by atoms with Crippen molar-refractivity contribution in [2.75, 3.05) is 4.90 Å². The number of anilines is 3. The van der Waals surface area contributed by atoms with Crippen LogP contribution in [0.5, 0.6) is 0 Å². The molecule has 0 bridgehead atoms. The van der Waals surface area contributed by atoms with E-state index in [1.165, 1.54) is 138 Å². The molecule has 63 heavy (non-hydrogen) atoms. The van der Waals surface area contributed by atoms with Crippen LogP contribution in [0.3, 0.4) is 0 Å². The van der Waals surface area contributed by atoms with Crippen molar-refractivity contribution in [2.45, 2.75) is 89.4 Å². The molecule has 12 rings (SSSR count). The predicted octanol–water partition coefficient (Wildman–Crippen LogP) is 16.4. The lowest BCUT2D eigenvalue weighted by Gasteiger charge is -2.42. The van der Waals surface area contributed by atoms with Crippen molar-refractivity contribution < 1.29 is 0 Å². The Morgan fingerprint density at radius 3 is 1.54 bits per heavy atom. The molecule has 8 aromatic carbocycles. The maximum Gasteiger partial charge on any atom is 0.0726 e. The lowest BCUT2D eigenvalue weighted by atomic mass is 9.63. The van der Waals surface area contributed by atoms with Gasteiger partial charge in [0.25, 0.3) is 0 Å². The summed E-state index contributed by atoms with van der Waals surface area (Å²) < 4.78 is 0. The molecular formula is C62H55N. The molecule has 1 spiro atoms. The van der Waals surface area contributed by atoms with Crippen molar-refractivity contribution in [2.24, 2.45) is 0 Å². The van der Waals surface area contributed by atoms with Crippen molar-refractivity contribution >= 4 is 17.1 Å². The standard InChI is InChI=1S/C62H55N/c1-40-35-43-19-9-10-20-44(43)36-50(40)52-38-51-49-23-13-16-26-55(49)62(53-24-14-11-21-47(53)48-22-12-15-25-54(48)62)57(51)39-59(52)63(45-29-27-42(28-30-45)41-17-7-6-8-18-41)46-31-32-56-58(37-46)61(4,5)34-33-60(56,2)3/h6-8,11-18,21-32,35-39H,9-10,19-20,33-34H2,1-5H3. The second-order valence-corrected chi connectivity index (χ2v) is 20.2. The van der Waals surface area contributed by atoms with E-state index in [0.29, 0.717) is 0 Å². The molecule has 4 aliphatic carbocycles. The SMILES string of the molecule is Cc1cc2c(cc1-c1cc3c(cc1N(c1ccc(-c4ccccc4)cc1)c1ccc4c(c1)C(C)(C)CCC4(C)C)C1(c4ccccc4-c4ccccc41)c1ccccc1-3)CCCC2. The molecule has 0 saturated heterocycles. The van der Waals surface area contributed by atoms with E-state index in [1.54, 1.807) is 0 Å². The number of rotatable bonds is 5. The Morgan fingerprint density at radius 2 is 0.905 bits per heavy atom. The number of fused-ring (bicyclic) bond motifs is 12. The van der Waals surface area contributed by atoms with E-state index in [4.69, 9.17) is 0 Å². The van der Waals surface area contributed by atoms with Gasteiger partial charge in [-0.3, -0.25) is 0 Å². The minimum Gasteiger partial charge on any atom is -0.310 e. The molecule has 1 heteroatoms. The molecule has 0 saturated carbocycles. The van der Waals surface area contributed by atoms with Gasteiger partial charge in [0, 0.05) is 16.9 Å². The normalized spacial score (nSPS) is 16.7. The second kappa shape index (κ2) is 14.0. The van der Waals surface area contributed by atoms with Crippen LogP contribution in [0.4, 0.5) is 17.1 Å². The van der Waals surface area contributed by atoms with Crippen molar-refractivity contribution in [1.82, 2.24) is 0 Å². The maximum absolute atomic E-state index is 2.63. The third-order valence-electron chi connectivity index (χ3n) is 15.7. The molecule has 0 aliphatic heterocycles. The van der Waals surface area contributed by atoms with Crippen molar-refractivity contribution in [3.05, 3.63) is 220 Å². The number of hydrogen-bond acceptors (Lipinski definition) is 1. The first-order chi connectivity index (χ1) is 30.6. The van der Waals surface area contributed by atoms with Gasteiger partial charge in [-0.25, -0.2) is 0 Å². The number of benzene rings is 8. The maximum atomic E-state index is 2.63. The van der Waals surface area contributed by atoms with Gasteiger partial charge < -0.3 is 4.90 Å². The monoisotopic (exact) mass is 813 g/mol. The second-order valence-electron chi connectivity index (χ2n) is 20.2. The molecule has 308 valence electrons. The van der Waals surface area contributed by atoms with E-state index >= 15 is 0 Å². The van der Waals surface area contributed by atoms with Crippen molar-refractivity contribution in [3.8, 4) is 44.5 Å². The van der Waals surface area contributed by atoms with Gasteiger partial charge in [0.2, 0.25) is 0 Å². The van der Waals surface area contributed by atoms with Gasteiger partial charge in [-0.1, -0.05) is 161 Å². The Kier molecular flexibility index (Phi) is 8.52. The van der Waals surface area contributed by atoms with E-state index in [1.807, 2.05) is 0 Å². The fraction of sp³-hybridized carbons (Fsp3) is 0.226. The highest BCUT2D eigenvalue weighted by atomic mass is 15.1. The Hall–Kier alpha value is -6.44. The highest BCUT2D eigenvalue weighted by Gasteiger charge is 2.52. The molecular weight excluding hydrogens is 759 g/mol. The zero-order chi connectivity index (χ0) is 42.7. The minimum absolute atomic E-state index is 0.0581. The molecule has 0 fully saturated rings. The predicted molar refractivity (Wildman–Crippen MR) is 265 cm³/mol. The Labute approximate surface area is 374 Å². The van der Waals surface area contributed by atoms with Gasteiger partial charge in [-0.05, 0) is 182 Å². The van der Waals surface area contributed by atoms with Gasteiger partial charge in [0.15, 0.2) is 0 Å². The summed E-state index contributed by atoms with van der Waals surface area (Å²) in [7, 11) is 0. The number of aryl methyl sites for hydroxylation is 3. The first-order valence-electron chi connectivity index (χ1n) is 23.3. The molecule has 1 nitrogen and oxygen atoms in total. The smallest absolute Gasteiger partial charge is 0.0726 e. The molecule has 8 aromatic rings. The van der Waals surface area contributed by atoms with E-state index in [0.717, 1.165) is 12.1 Å². The Bertz CT molecular complexity index is 3080. The topological polar surface area (TPSA) is 3.24 Å². The summed E-state index contributed by atoms with van der Waals surface area (Å²) in [4.78, 5) is 2.62. The summed E-state index contributed by atoms with van der Waals surface area (Å²) in [6.07, 6.45) is 7.19. The summed E-state index contributed by atoms with van der Waals surface area (Å²) in [6, 6.07) is 65.6. The summed E-state index contributed by atoms with van der Waals surface area (Å²) in [6.45, 7) is 12.1. The highest BCUT2D eigenvalue weighted by Crippen LogP contribution is 2.64. The largest absolute Gasteiger partial charge is 0.310 e. The molecule has 0 unspecified atom stereocenters. The van der Waals surface area contributed by atoms with Gasteiger partial charge in [-0.2, -0.15) is 0 Å². The van der Waals surface area contributed by atoms with Crippen LogP contribution >= 0.6 is 0 Å². The van der Waals surface area contributed by atoms with Crippen molar-refractivity contribution in [1.29, 1.82) is 0 Å². The van der Waals surface area contributed by atoms with Gasteiger partial charge in [-0.15, -0.1) is 0 Å². The minimum atomic E-state index is -0.456. The zero-order valence-electron chi connectivity index (χ0n) is 37.4. The van der Waals surface area contributed by atoms with Crippen LogP contribution in [0.25, 0.3) is 44.5 Å². The lowest BCUT2D eigenvalue weighted by molar-refractivity contribution is 0.332. The Morgan fingerprint density at radius 1 is 0.381 bits per heavy atom. The first kappa shape index (κ1) is 38.3. The van der Waals surface area contributed by atoms with Crippen LogP contribution < -0.4 is 4.90 Å². The molecule has 0 aromatic heterocycles. The van der Waals surface area contributed by atoms with Gasteiger partial charge >= 0.3 is 0 Å². The third kappa shape index (κ3) is 5.68. The molecule has 0 N–H and O–H groups in total. The molecule has 0 amide bonds. The fourth-order valence-corrected chi connectivity index (χ4v) is 12.3. The Balaban J connectivity index is 1.19. The third-order valence-corrected chi connectivity index (χ3v) is 15.7. The van der Waals surface area contributed by atoms with Crippen LogP contribution in [-0.2, 0) is 29.1 Å². The van der Waals surface area contributed by atoms with Gasteiger partial charge in [0.1, 0.15) is 0 Å². The molecule has 4 aliphatic rings. The van der Waals surface area contributed by atoms with Gasteiger partial charge in [0.05, 0.1) is 11.1 Å². The van der Waals surface area contributed by atoms with E-state index in [2.05, 4.69) is 209 Å². The lowest BCUT2D eigenvalue weighted by Crippen LogP contribution is -2.34. The summed E-state index contributed by atoms with van der Waals surface area (Å²) in [5, 5.41) is 0.